The number of pyridine rings is 1. The molecule has 6 nitrogen and oxygen atoms in total. The average Bonchev–Trinajstić information content (AvgIpc) is 2.56. The normalized spacial score (nSPS) is 11.4. The number of nitrogens with one attached hydrogen (secondary N) is 1. The lowest BCUT2D eigenvalue weighted by Crippen LogP contribution is -2.30. The van der Waals surface area contributed by atoms with E-state index in [1.807, 2.05) is 0 Å². The van der Waals surface area contributed by atoms with Gasteiger partial charge < -0.3 is 14.8 Å². The van der Waals surface area contributed by atoms with Crippen LogP contribution >= 0.6 is 11.6 Å². The highest BCUT2D eigenvalue weighted by atomic mass is 35.5. The standard InChI is InChI=1S/C16H15ClN2O4/c1-10(15(20)19-14-8-5-12(17)9-18-14)23-16(21)11-3-6-13(22-2)7-4-11/h3-10H,1-2H3,(H,18,19,20)/t10-/m1/s1. The number of amides is 1. The highest BCUT2D eigenvalue weighted by molar-refractivity contribution is 6.30. The molecule has 2 rings (SSSR count). The van der Waals surface area contributed by atoms with Gasteiger partial charge >= 0.3 is 5.97 Å². The Morgan fingerprint density at radius 3 is 2.43 bits per heavy atom. The minimum atomic E-state index is -0.970. The Morgan fingerprint density at radius 2 is 1.87 bits per heavy atom. The lowest BCUT2D eigenvalue weighted by molar-refractivity contribution is -0.123. The van der Waals surface area contributed by atoms with Gasteiger partial charge in [-0.3, -0.25) is 4.79 Å². The predicted octanol–water partition coefficient (Wildman–Crippen LogP) is 2.93. The van der Waals surface area contributed by atoms with E-state index in [0.29, 0.717) is 22.2 Å². The van der Waals surface area contributed by atoms with Gasteiger partial charge in [0.15, 0.2) is 6.10 Å². The zero-order valence-electron chi connectivity index (χ0n) is 12.6. The molecule has 1 atom stereocenters. The van der Waals surface area contributed by atoms with Crippen LogP contribution in [0.2, 0.25) is 5.02 Å². The number of hydrogen-bond donors (Lipinski definition) is 1. The van der Waals surface area contributed by atoms with Gasteiger partial charge in [-0.1, -0.05) is 11.6 Å². The first-order chi connectivity index (χ1) is 11.0. The van der Waals surface area contributed by atoms with Gasteiger partial charge in [0.05, 0.1) is 17.7 Å². The van der Waals surface area contributed by atoms with E-state index < -0.39 is 18.0 Å². The van der Waals surface area contributed by atoms with Crippen LogP contribution < -0.4 is 10.1 Å². The van der Waals surface area contributed by atoms with Crippen LogP contribution in [0.5, 0.6) is 5.75 Å². The second-order valence-electron chi connectivity index (χ2n) is 4.63. The van der Waals surface area contributed by atoms with Crippen molar-refractivity contribution >= 4 is 29.3 Å². The van der Waals surface area contributed by atoms with E-state index in [2.05, 4.69) is 10.3 Å². The summed E-state index contributed by atoms with van der Waals surface area (Å²) in [6, 6.07) is 9.55. The molecule has 0 aliphatic carbocycles. The molecule has 23 heavy (non-hydrogen) atoms. The third-order valence-electron chi connectivity index (χ3n) is 2.96. The van der Waals surface area contributed by atoms with E-state index in [-0.39, 0.29) is 0 Å². The fourth-order valence-corrected chi connectivity index (χ4v) is 1.80. The number of anilines is 1. The summed E-state index contributed by atoms with van der Waals surface area (Å²) in [5.74, 6) is -0.131. The lowest BCUT2D eigenvalue weighted by atomic mass is 10.2. The molecule has 1 N–H and O–H groups in total. The molecule has 0 saturated heterocycles. The first-order valence-electron chi connectivity index (χ1n) is 6.77. The summed E-state index contributed by atoms with van der Waals surface area (Å²) in [4.78, 5) is 27.9. The van der Waals surface area contributed by atoms with Crippen LogP contribution in [-0.4, -0.2) is 30.1 Å². The van der Waals surface area contributed by atoms with E-state index >= 15 is 0 Å². The van der Waals surface area contributed by atoms with Crippen molar-refractivity contribution < 1.29 is 19.1 Å². The molecule has 0 radical (unpaired) electrons. The molecule has 0 saturated carbocycles. The number of benzene rings is 1. The number of aromatic nitrogens is 1. The topological polar surface area (TPSA) is 77.5 Å². The van der Waals surface area contributed by atoms with Crippen molar-refractivity contribution in [1.29, 1.82) is 0 Å². The number of carbonyl (C=O) groups excluding carboxylic acids is 2. The summed E-state index contributed by atoms with van der Waals surface area (Å²) in [7, 11) is 1.53. The molecule has 120 valence electrons. The molecule has 0 aliphatic rings. The summed E-state index contributed by atoms with van der Waals surface area (Å²) in [5, 5.41) is 3.00. The van der Waals surface area contributed by atoms with Gasteiger partial charge in [0.2, 0.25) is 0 Å². The molecule has 0 aliphatic heterocycles. The summed E-state index contributed by atoms with van der Waals surface area (Å²) in [6.07, 6.45) is 0.438. The summed E-state index contributed by atoms with van der Waals surface area (Å²) in [6.45, 7) is 1.48. The number of carbonyl (C=O) groups is 2. The Morgan fingerprint density at radius 1 is 1.17 bits per heavy atom. The second kappa shape index (κ2) is 7.60. The molecule has 0 bridgehead atoms. The summed E-state index contributed by atoms with van der Waals surface area (Å²) >= 11 is 5.72. The number of methoxy groups -OCH3 is 1. The first-order valence-corrected chi connectivity index (χ1v) is 7.15. The van der Waals surface area contributed by atoms with Gasteiger partial charge in [-0.05, 0) is 43.3 Å². The quantitative estimate of drug-likeness (QED) is 0.851. The molecule has 1 heterocycles. The number of ether oxygens (including phenoxy) is 2. The van der Waals surface area contributed by atoms with Crippen molar-refractivity contribution in [2.75, 3.05) is 12.4 Å². The van der Waals surface area contributed by atoms with Crippen LogP contribution in [0.15, 0.2) is 42.6 Å². The Kier molecular flexibility index (Phi) is 5.54. The van der Waals surface area contributed by atoms with E-state index in [0.717, 1.165) is 0 Å². The van der Waals surface area contributed by atoms with Crippen LogP contribution in [0.3, 0.4) is 0 Å². The van der Waals surface area contributed by atoms with E-state index in [4.69, 9.17) is 21.1 Å². The zero-order valence-corrected chi connectivity index (χ0v) is 13.3. The van der Waals surface area contributed by atoms with Gasteiger partial charge in [-0.25, -0.2) is 9.78 Å². The Labute approximate surface area is 138 Å². The minimum absolute atomic E-state index is 0.326. The molecule has 0 fully saturated rings. The third-order valence-corrected chi connectivity index (χ3v) is 3.18. The Bertz CT molecular complexity index is 686. The monoisotopic (exact) mass is 334 g/mol. The molecule has 7 heteroatoms. The minimum Gasteiger partial charge on any atom is -0.497 e. The molecule has 1 aromatic heterocycles. The van der Waals surface area contributed by atoms with Crippen LogP contribution in [0.4, 0.5) is 5.82 Å². The van der Waals surface area contributed by atoms with Crippen molar-refractivity contribution in [1.82, 2.24) is 4.98 Å². The smallest absolute Gasteiger partial charge is 0.338 e. The Hall–Kier alpha value is -2.60. The fourth-order valence-electron chi connectivity index (χ4n) is 1.69. The van der Waals surface area contributed by atoms with Crippen LogP contribution in [0, 0.1) is 0 Å². The number of nitrogens with zero attached hydrogens (tertiary/aromatic N) is 1. The maximum absolute atomic E-state index is 12.0. The molecule has 2 aromatic rings. The zero-order chi connectivity index (χ0) is 16.8. The molecule has 0 unspecified atom stereocenters. The lowest BCUT2D eigenvalue weighted by Gasteiger charge is -2.13. The third kappa shape index (κ3) is 4.69. The molecular formula is C16H15ClN2O4. The first kappa shape index (κ1) is 16.8. The van der Waals surface area contributed by atoms with Gasteiger partial charge in [-0.2, -0.15) is 0 Å². The summed E-state index contributed by atoms with van der Waals surface area (Å²) < 4.78 is 10.1. The van der Waals surface area contributed by atoms with E-state index in [9.17, 15) is 9.59 Å². The molecule has 1 aromatic carbocycles. The van der Waals surface area contributed by atoms with Crippen LogP contribution in [0.25, 0.3) is 0 Å². The van der Waals surface area contributed by atoms with Crippen molar-refractivity contribution in [2.45, 2.75) is 13.0 Å². The maximum atomic E-state index is 12.0. The van der Waals surface area contributed by atoms with Crippen molar-refractivity contribution in [3.63, 3.8) is 0 Å². The molecule has 1 amide bonds. The fraction of sp³-hybridized carbons (Fsp3) is 0.188. The van der Waals surface area contributed by atoms with Crippen molar-refractivity contribution in [3.8, 4) is 5.75 Å². The summed E-state index contributed by atoms with van der Waals surface area (Å²) in [5.41, 5.74) is 0.329. The highest BCUT2D eigenvalue weighted by Crippen LogP contribution is 2.14. The number of hydrogen-bond acceptors (Lipinski definition) is 5. The Balaban J connectivity index is 1.94. The van der Waals surface area contributed by atoms with E-state index in [1.54, 1.807) is 36.4 Å². The van der Waals surface area contributed by atoms with Crippen LogP contribution in [-0.2, 0) is 9.53 Å². The highest BCUT2D eigenvalue weighted by Gasteiger charge is 2.19. The number of esters is 1. The number of rotatable bonds is 5. The van der Waals surface area contributed by atoms with Gasteiger partial charge in [0.1, 0.15) is 11.6 Å². The molecular weight excluding hydrogens is 320 g/mol. The van der Waals surface area contributed by atoms with E-state index in [1.165, 1.54) is 20.2 Å². The number of halogens is 1. The largest absolute Gasteiger partial charge is 0.497 e. The van der Waals surface area contributed by atoms with Crippen LogP contribution in [0.1, 0.15) is 17.3 Å². The maximum Gasteiger partial charge on any atom is 0.338 e. The van der Waals surface area contributed by atoms with Gasteiger partial charge in [0.25, 0.3) is 5.91 Å². The molecule has 0 spiro atoms. The van der Waals surface area contributed by atoms with Gasteiger partial charge in [0, 0.05) is 6.20 Å². The average molecular weight is 335 g/mol. The second-order valence-corrected chi connectivity index (χ2v) is 5.06. The predicted molar refractivity (Wildman–Crippen MR) is 85.7 cm³/mol. The SMILES string of the molecule is COc1ccc(C(=O)O[C@H](C)C(=O)Nc2ccc(Cl)cn2)cc1. The van der Waals surface area contributed by atoms with Gasteiger partial charge in [-0.15, -0.1) is 0 Å². The van der Waals surface area contributed by atoms with Crippen molar-refractivity contribution in [3.05, 3.63) is 53.2 Å². The van der Waals surface area contributed by atoms with Crippen molar-refractivity contribution in [2.24, 2.45) is 0 Å².